The molecule has 1 radical (unpaired) electrons. The van der Waals surface area contributed by atoms with Gasteiger partial charge >= 0.3 is 0 Å². The van der Waals surface area contributed by atoms with Gasteiger partial charge in [-0.3, -0.25) is 0 Å². The number of hydrogen-bond acceptors (Lipinski definition) is 0. The fraction of sp³-hybridized carbons (Fsp3) is 0.875. The minimum Gasteiger partial charge on any atom is -0.0651 e. The Morgan fingerprint density at radius 3 is 2.38 bits per heavy atom. The molecule has 0 bridgehead atoms. The zero-order valence-electron chi connectivity index (χ0n) is 5.91. The molecule has 0 N–H and O–H groups in total. The summed E-state index contributed by atoms with van der Waals surface area (Å²) in [7, 11) is 0. The van der Waals surface area contributed by atoms with Gasteiger partial charge in [0.2, 0.25) is 0 Å². The molecule has 0 aliphatic heterocycles. The Bertz CT molecular complexity index is 52.4. The molecule has 1 unspecified atom stereocenters. The van der Waals surface area contributed by atoms with Crippen LogP contribution in [0.15, 0.2) is 0 Å². The van der Waals surface area contributed by atoms with Gasteiger partial charge in [0.25, 0.3) is 0 Å². The van der Waals surface area contributed by atoms with Crippen molar-refractivity contribution in [1.29, 1.82) is 0 Å². The van der Waals surface area contributed by atoms with Crippen LogP contribution in [0.25, 0.3) is 0 Å². The third kappa shape index (κ3) is 0.888. The third-order valence-corrected chi connectivity index (χ3v) is 2.34. The van der Waals surface area contributed by atoms with Gasteiger partial charge in [-0.25, -0.2) is 0 Å². The standard InChI is InChI=1S/C8H15/c1-3-7-5-6-8(7)4-2/h7H,3-6H2,1-2H3. The summed E-state index contributed by atoms with van der Waals surface area (Å²) >= 11 is 0. The van der Waals surface area contributed by atoms with E-state index in [2.05, 4.69) is 13.8 Å². The second-order valence-electron chi connectivity index (χ2n) is 2.66. The highest BCUT2D eigenvalue weighted by Crippen LogP contribution is 2.40. The molecule has 8 heavy (non-hydrogen) atoms. The van der Waals surface area contributed by atoms with Crippen molar-refractivity contribution in [2.24, 2.45) is 5.92 Å². The van der Waals surface area contributed by atoms with Crippen LogP contribution in [0.3, 0.4) is 0 Å². The van der Waals surface area contributed by atoms with Crippen LogP contribution in [-0.2, 0) is 0 Å². The Morgan fingerprint density at radius 1 is 1.50 bits per heavy atom. The number of rotatable bonds is 2. The smallest absolute Gasteiger partial charge is 0.0213 e. The van der Waals surface area contributed by atoms with Crippen LogP contribution < -0.4 is 0 Å². The van der Waals surface area contributed by atoms with Crippen molar-refractivity contribution in [2.45, 2.75) is 39.5 Å². The lowest BCUT2D eigenvalue weighted by Gasteiger charge is -2.34. The topological polar surface area (TPSA) is 0 Å². The van der Waals surface area contributed by atoms with Gasteiger partial charge in [0.15, 0.2) is 0 Å². The summed E-state index contributed by atoms with van der Waals surface area (Å²) in [5.74, 6) is 2.83. The monoisotopic (exact) mass is 111 g/mol. The Balaban J connectivity index is 2.16. The second-order valence-corrected chi connectivity index (χ2v) is 2.66. The zero-order chi connectivity index (χ0) is 5.98. The molecule has 0 nitrogen and oxygen atoms in total. The predicted molar refractivity (Wildman–Crippen MR) is 36.5 cm³/mol. The molecular weight excluding hydrogens is 96.1 g/mol. The maximum atomic E-state index is 2.29. The van der Waals surface area contributed by atoms with Crippen molar-refractivity contribution < 1.29 is 0 Å². The molecule has 0 amide bonds. The van der Waals surface area contributed by atoms with Gasteiger partial charge in [0, 0.05) is 0 Å². The predicted octanol–water partition coefficient (Wildman–Crippen LogP) is 2.79. The lowest BCUT2D eigenvalue weighted by Crippen LogP contribution is -2.21. The van der Waals surface area contributed by atoms with E-state index in [-0.39, 0.29) is 0 Å². The fourth-order valence-corrected chi connectivity index (χ4v) is 1.51. The average Bonchev–Trinajstić information content (AvgIpc) is 1.66. The van der Waals surface area contributed by atoms with Crippen molar-refractivity contribution in [3.05, 3.63) is 5.92 Å². The Kier molecular flexibility index (Phi) is 1.93. The van der Waals surface area contributed by atoms with Gasteiger partial charge in [-0.15, -0.1) is 0 Å². The summed E-state index contributed by atoms with van der Waals surface area (Å²) in [6.45, 7) is 4.57. The molecule has 0 saturated heterocycles. The molecule has 1 aliphatic carbocycles. The lowest BCUT2D eigenvalue weighted by atomic mass is 9.71. The van der Waals surface area contributed by atoms with Crippen molar-refractivity contribution in [3.63, 3.8) is 0 Å². The van der Waals surface area contributed by atoms with Crippen LogP contribution in [-0.4, -0.2) is 0 Å². The maximum absolute atomic E-state index is 2.29. The van der Waals surface area contributed by atoms with Crippen LogP contribution in [0, 0.1) is 11.8 Å². The fourth-order valence-electron chi connectivity index (χ4n) is 1.51. The summed E-state index contributed by atoms with van der Waals surface area (Å²) < 4.78 is 0. The van der Waals surface area contributed by atoms with E-state index in [4.69, 9.17) is 0 Å². The van der Waals surface area contributed by atoms with E-state index >= 15 is 0 Å². The Hall–Kier alpha value is 0. The van der Waals surface area contributed by atoms with Gasteiger partial charge in [-0.05, 0) is 31.1 Å². The molecule has 0 aromatic carbocycles. The van der Waals surface area contributed by atoms with Crippen LogP contribution in [0.4, 0.5) is 0 Å². The molecule has 1 rings (SSSR count). The van der Waals surface area contributed by atoms with E-state index in [9.17, 15) is 0 Å². The first-order chi connectivity index (χ1) is 3.88. The molecule has 1 fully saturated rings. The quantitative estimate of drug-likeness (QED) is 0.514. The van der Waals surface area contributed by atoms with Crippen molar-refractivity contribution in [1.82, 2.24) is 0 Å². The molecule has 0 heterocycles. The number of hydrogen-bond donors (Lipinski definition) is 0. The zero-order valence-corrected chi connectivity index (χ0v) is 5.91. The summed E-state index contributed by atoms with van der Waals surface area (Å²) in [4.78, 5) is 0. The first kappa shape index (κ1) is 6.12. The van der Waals surface area contributed by atoms with E-state index in [0.29, 0.717) is 0 Å². The van der Waals surface area contributed by atoms with Gasteiger partial charge in [0.1, 0.15) is 0 Å². The maximum Gasteiger partial charge on any atom is -0.0213 e. The van der Waals surface area contributed by atoms with E-state index in [1.807, 2.05) is 5.92 Å². The average molecular weight is 111 g/mol. The normalized spacial score (nSPS) is 30.0. The van der Waals surface area contributed by atoms with Crippen LogP contribution in [0.5, 0.6) is 0 Å². The Labute approximate surface area is 52.3 Å². The first-order valence-electron chi connectivity index (χ1n) is 3.73. The lowest BCUT2D eigenvalue weighted by molar-refractivity contribution is 0.335. The summed E-state index contributed by atoms with van der Waals surface area (Å²) in [6, 6.07) is 0. The summed E-state index contributed by atoms with van der Waals surface area (Å²) in [5.41, 5.74) is 0. The third-order valence-electron chi connectivity index (χ3n) is 2.34. The van der Waals surface area contributed by atoms with Crippen LogP contribution >= 0.6 is 0 Å². The first-order valence-corrected chi connectivity index (χ1v) is 3.73. The van der Waals surface area contributed by atoms with E-state index in [1.165, 1.54) is 25.7 Å². The molecule has 0 heteroatoms. The SMILES string of the molecule is CC[C]1CCC1CC. The van der Waals surface area contributed by atoms with E-state index < -0.39 is 0 Å². The molecular formula is C8H15. The largest absolute Gasteiger partial charge is 0.0651 e. The molecule has 47 valence electrons. The minimum absolute atomic E-state index is 1.01. The molecule has 1 saturated carbocycles. The van der Waals surface area contributed by atoms with Gasteiger partial charge in [0.05, 0.1) is 0 Å². The van der Waals surface area contributed by atoms with Crippen LogP contribution in [0.2, 0.25) is 0 Å². The van der Waals surface area contributed by atoms with E-state index in [0.717, 1.165) is 5.92 Å². The van der Waals surface area contributed by atoms with Crippen molar-refractivity contribution >= 4 is 0 Å². The van der Waals surface area contributed by atoms with Crippen LogP contribution in [0.1, 0.15) is 39.5 Å². The summed E-state index contributed by atoms with van der Waals surface area (Å²) in [6.07, 6.45) is 5.61. The highest BCUT2D eigenvalue weighted by molar-refractivity contribution is 5.03. The highest BCUT2D eigenvalue weighted by Gasteiger charge is 2.27. The van der Waals surface area contributed by atoms with Gasteiger partial charge in [-0.1, -0.05) is 20.3 Å². The van der Waals surface area contributed by atoms with Gasteiger partial charge in [-0.2, -0.15) is 0 Å². The molecule has 1 atom stereocenters. The molecule has 0 spiro atoms. The minimum atomic E-state index is 1.01. The molecule has 1 aliphatic rings. The van der Waals surface area contributed by atoms with E-state index in [1.54, 1.807) is 0 Å². The molecule has 0 aromatic rings. The van der Waals surface area contributed by atoms with Crippen molar-refractivity contribution in [3.8, 4) is 0 Å². The molecule has 0 aromatic heterocycles. The second kappa shape index (κ2) is 2.52. The highest BCUT2D eigenvalue weighted by atomic mass is 14.3. The summed E-state index contributed by atoms with van der Waals surface area (Å²) in [5, 5.41) is 0. The Morgan fingerprint density at radius 2 is 2.25 bits per heavy atom. The van der Waals surface area contributed by atoms with Gasteiger partial charge < -0.3 is 0 Å². The van der Waals surface area contributed by atoms with Crippen molar-refractivity contribution in [2.75, 3.05) is 0 Å².